The second kappa shape index (κ2) is 32.8. The smallest absolute Gasteiger partial charge is 0.157 e. The average Bonchev–Trinajstić information content (AvgIpc) is 2.93. The van der Waals surface area contributed by atoms with Gasteiger partial charge in [0.1, 0.15) is 0 Å². The van der Waals surface area contributed by atoms with Crippen LogP contribution >= 0.6 is 0 Å². The molecule has 0 saturated heterocycles. The third-order valence-corrected chi connectivity index (χ3v) is 5.58. The molecule has 0 aliphatic rings. The molecule has 1 atom stereocenters. The molecule has 0 aromatic heterocycles. The van der Waals surface area contributed by atoms with Gasteiger partial charge in [0, 0.05) is 12.5 Å². The molecule has 0 aromatic carbocycles. The van der Waals surface area contributed by atoms with Gasteiger partial charge >= 0.3 is 0 Å². The van der Waals surface area contributed by atoms with Crippen molar-refractivity contribution in [2.75, 3.05) is 112 Å². The molecule has 230 valence electrons. The molecule has 0 heterocycles. The van der Waals surface area contributed by atoms with Crippen molar-refractivity contribution >= 4 is 0 Å². The van der Waals surface area contributed by atoms with Crippen molar-refractivity contribution in [1.82, 2.24) is 0 Å². The van der Waals surface area contributed by atoms with Gasteiger partial charge < -0.3 is 47.7 Å². The number of aliphatic hydroxyl groups is 1. The third-order valence-electron chi connectivity index (χ3n) is 5.58. The number of unbranched alkanes of at least 4 members (excludes halogenated alkanes) is 2. The van der Waals surface area contributed by atoms with E-state index in [1.165, 1.54) is 0 Å². The largest absolute Gasteiger partial charge is 0.379 e. The van der Waals surface area contributed by atoms with E-state index in [1.807, 2.05) is 6.92 Å². The van der Waals surface area contributed by atoms with Crippen LogP contribution in [0.1, 0.15) is 59.3 Å². The van der Waals surface area contributed by atoms with Crippen LogP contribution in [-0.2, 0) is 42.6 Å². The zero-order valence-electron chi connectivity index (χ0n) is 24.5. The minimum Gasteiger partial charge on any atom is -0.379 e. The predicted molar refractivity (Wildman–Crippen MR) is 147 cm³/mol. The first-order valence-corrected chi connectivity index (χ1v) is 14.7. The summed E-state index contributed by atoms with van der Waals surface area (Å²) in [6.07, 6.45) is 5.84. The molecule has 0 rings (SSSR count). The highest BCUT2D eigenvalue weighted by atomic mass is 16.6. The minimum atomic E-state index is -0.700. The molecule has 0 bridgehead atoms. The normalized spacial score (nSPS) is 12.6. The Labute approximate surface area is 231 Å². The summed E-state index contributed by atoms with van der Waals surface area (Å²) in [6.45, 7) is 15.4. The summed E-state index contributed by atoms with van der Waals surface area (Å²) in [4.78, 5) is 0. The lowest BCUT2D eigenvalue weighted by atomic mass is 9.95. The molecule has 38 heavy (non-hydrogen) atoms. The van der Waals surface area contributed by atoms with Crippen LogP contribution in [0, 0.1) is 5.92 Å². The van der Waals surface area contributed by atoms with Gasteiger partial charge in [-0.1, -0.05) is 39.5 Å². The average molecular weight is 555 g/mol. The van der Waals surface area contributed by atoms with E-state index in [9.17, 15) is 5.11 Å². The van der Waals surface area contributed by atoms with Crippen LogP contribution in [0.5, 0.6) is 0 Å². The summed E-state index contributed by atoms with van der Waals surface area (Å²) >= 11 is 0. The summed E-state index contributed by atoms with van der Waals surface area (Å²) in [5.41, 5.74) is 0. The van der Waals surface area contributed by atoms with Gasteiger partial charge in [-0.2, -0.15) is 0 Å². The van der Waals surface area contributed by atoms with Crippen molar-refractivity contribution < 1.29 is 47.7 Å². The molecule has 10 heteroatoms. The van der Waals surface area contributed by atoms with E-state index in [0.717, 1.165) is 38.5 Å². The topological polar surface area (TPSA) is 103 Å². The van der Waals surface area contributed by atoms with Crippen molar-refractivity contribution in [3.63, 3.8) is 0 Å². The van der Waals surface area contributed by atoms with E-state index in [0.29, 0.717) is 112 Å². The second-order valence-corrected chi connectivity index (χ2v) is 8.79. The summed E-state index contributed by atoms with van der Waals surface area (Å²) in [6, 6.07) is 0. The lowest BCUT2D eigenvalue weighted by Gasteiger charge is -2.23. The van der Waals surface area contributed by atoms with Gasteiger partial charge in [-0.25, -0.2) is 0 Å². The maximum atomic E-state index is 10.3. The molecule has 1 unspecified atom stereocenters. The second-order valence-electron chi connectivity index (χ2n) is 8.79. The highest BCUT2D eigenvalue weighted by molar-refractivity contribution is 4.62. The van der Waals surface area contributed by atoms with Crippen LogP contribution in [0.3, 0.4) is 0 Å². The van der Waals surface area contributed by atoms with Gasteiger partial charge in [0.05, 0.1) is 106 Å². The highest BCUT2D eigenvalue weighted by Gasteiger charge is 2.18. The Balaban J connectivity index is 3.25. The van der Waals surface area contributed by atoms with Crippen LogP contribution in [0.2, 0.25) is 0 Å². The first-order chi connectivity index (χ1) is 18.8. The zero-order valence-corrected chi connectivity index (χ0v) is 24.5. The molecule has 0 aliphatic carbocycles. The number of aliphatic hydroxyl groups excluding tert-OH is 1. The van der Waals surface area contributed by atoms with Crippen LogP contribution in [0.15, 0.2) is 0 Å². The molecule has 0 fully saturated rings. The fraction of sp³-hybridized carbons (Fsp3) is 1.00. The van der Waals surface area contributed by atoms with Crippen LogP contribution < -0.4 is 0 Å². The Bertz CT molecular complexity index is 422. The van der Waals surface area contributed by atoms with E-state index in [4.69, 9.17) is 42.6 Å². The van der Waals surface area contributed by atoms with Crippen molar-refractivity contribution in [2.24, 2.45) is 5.92 Å². The SMILES string of the molecule is CCCCC(CCCC)C(O)OCCOCCOCCOCCOCCOCCOCCOCCOCC. The number of ether oxygens (including phenoxy) is 9. The number of rotatable bonds is 33. The van der Waals surface area contributed by atoms with Gasteiger partial charge in [-0.15, -0.1) is 0 Å². The zero-order chi connectivity index (χ0) is 27.8. The maximum Gasteiger partial charge on any atom is 0.157 e. The van der Waals surface area contributed by atoms with Crippen molar-refractivity contribution in [3.05, 3.63) is 0 Å². The van der Waals surface area contributed by atoms with Gasteiger partial charge in [0.15, 0.2) is 6.29 Å². The van der Waals surface area contributed by atoms with Crippen LogP contribution in [-0.4, -0.2) is 124 Å². The molecular formula is C28H58O10. The Kier molecular flexibility index (Phi) is 32.5. The van der Waals surface area contributed by atoms with E-state index in [2.05, 4.69) is 13.8 Å². The molecule has 1 N–H and O–H groups in total. The lowest BCUT2D eigenvalue weighted by molar-refractivity contribution is -0.148. The fourth-order valence-corrected chi connectivity index (χ4v) is 3.41. The third kappa shape index (κ3) is 28.6. The molecule has 0 aliphatic heterocycles. The Morgan fingerprint density at radius 3 is 1.00 bits per heavy atom. The summed E-state index contributed by atoms with van der Waals surface area (Å²) < 4.78 is 48.9. The van der Waals surface area contributed by atoms with Gasteiger partial charge in [-0.05, 0) is 19.8 Å². The van der Waals surface area contributed by atoms with Crippen molar-refractivity contribution in [3.8, 4) is 0 Å². The minimum absolute atomic E-state index is 0.217. The Morgan fingerprint density at radius 1 is 0.421 bits per heavy atom. The summed E-state index contributed by atoms with van der Waals surface area (Å²) in [5.74, 6) is 0.217. The van der Waals surface area contributed by atoms with Gasteiger partial charge in [0.25, 0.3) is 0 Å². The highest BCUT2D eigenvalue weighted by Crippen LogP contribution is 2.20. The molecule has 0 amide bonds. The molecule has 0 saturated carbocycles. The van der Waals surface area contributed by atoms with Gasteiger partial charge in [-0.3, -0.25) is 0 Å². The Morgan fingerprint density at radius 2 is 0.711 bits per heavy atom. The van der Waals surface area contributed by atoms with Gasteiger partial charge in [0.2, 0.25) is 0 Å². The Hall–Kier alpha value is -0.400. The summed E-state index contributed by atoms with van der Waals surface area (Å²) in [7, 11) is 0. The summed E-state index contributed by atoms with van der Waals surface area (Å²) in [5, 5.41) is 10.3. The molecular weight excluding hydrogens is 496 g/mol. The van der Waals surface area contributed by atoms with Crippen LogP contribution in [0.4, 0.5) is 0 Å². The van der Waals surface area contributed by atoms with Crippen molar-refractivity contribution in [1.29, 1.82) is 0 Å². The first kappa shape index (κ1) is 37.6. The van der Waals surface area contributed by atoms with E-state index < -0.39 is 6.29 Å². The predicted octanol–water partition coefficient (Wildman–Crippen LogP) is 3.47. The number of hydrogen-bond donors (Lipinski definition) is 1. The molecule has 0 aromatic rings. The number of hydrogen-bond acceptors (Lipinski definition) is 10. The first-order valence-electron chi connectivity index (χ1n) is 14.7. The molecule has 10 nitrogen and oxygen atoms in total. The lowest BCUT2D eigenvalue weighted by Crippen LogP contribution is -2.26. The van der Waals surface area contributed by atoms with Crippen molar-refractivity contribution in [2.45, 2.75) is 65.6 Å². The van der Waals surface area contributed by atoms with E-state index in [-0.39, 0.29) is 5.92 Å². The van der Waals surface area contributed by atoms with E-state index >= 15 is 0 Å². The fourth-order valence-electron chi connectivity index (χ4n) is 3.41. The molecule has 0 radical (unpaired) electrons. The van der Waals surface area contributed by atoms with E-state index in [1.54, 1.807) is 0 Å². The quantitative estimate of drug-likeness (QED) is 0.0958. The molecule has 0 spiro atoms. The maximum absolute atomic E-state index is 10.3. The van der Waals surface area contributed by atoms with Crippen LogP contribution in [0.25, 0.3) is 0 Å². The standard InChI is InChI=1S/C28H58O10/c1-4-7-9-27(10-8-5-2)28(29)38-26-25-37-24-23-36-22-21-35-20-19-34-18-17-33-16-15-32-14-13-31-12-11-30-6-3/h27-29H,4-26H2,1-3H3. The monoisotopic (exact) mass is 554 g/mol.